The van der Waals surface area contributed by atoms with Crippen molar-refractivity contribution in [2.45, 2.75) is 103 Å². The van der Waals surface area contributed by atoms with E-state index in [9.17, 15) is 27.9 Å². The van der Waals surface area contributed by atoms with E-state index >= 15 is 0 Å². The molecule has 0 aromatic heterocycles. The number of aliphatic carboxylic acids is 1. The largest absolute Gasteiger partial charge is 0.480 e. The maximum absolute atomic E-state index is 12.8. The van der Waals surface area contributed by atoms with E-state index in [1.165, 1.54) is 63.5 Å². The molecule has 8 heteroatoms. The summed E-state index contributed by atoms with van der Waals surface area (Å²) in [6.45, 7) is 4.26. The van der Waals surface area contributed by atoms with Gasteiger partial charge in [-0.05, 0) is 42.9 Å². The van der Waals surface area contributed by atoms with Gasteiger partial charge >= 0.3 is 12.1 Å². The Hall–Kier alpha value is -2.09. The Morgan fingerprint density at radius 2 is 1.46 bits per heavy atom. The zero-order valence-electron chi connectivity index (χ0n) is 22.4. The van der Waals surface area contributed by atoms with Gasteiger partial charge in [-0.15, -0.1) is 0 Å². The number of amides is 1. The smallest absolute Gasteiger partial charge is 0.416 e. The molecule has 1 amide bonds. The molecule has 0 saturated carbocycles. The summed E-state index contributed by atoms with van der Waals surface area (Å²) in [6, 6.07) is 4.89. The summed E-state index contributed by atoms with van der Waals surface area (Å²) in [4.78, 5) is 27.7. The molecule has 1 saturated heterocycles. The normalized spacial score (nSPS) is 14.9. The lowest BCUT2D eigenvalue weighted by Crippen LogP contribution is -2.42. The number of likely N-dealkylation sites (tertiary alicyclic amines) is 1. The second-order valence-electron chi connectivity index (χ2n) is 10.5. The van der Waals surface area contributed by atoms with Crippen molar-refractivity contribution in [3.8, 4) is 0 Å². The average Bonchev–Trinajstić information content (AvgIpc) is 2.85. The maximum Gasteiger partial charge on any atom is 0.416 e. The van der Waals surface area contributed by atoms with Gasteiger partial charge < -0.3 is 10.0 Å². The Labute approximate surface area is 220 Å². The van der Waals surface area contributed by atoms with Crippen molar-refractivity contribution in [1.29, 1.82) is 0 Å². The molecule has 0 aliphatic carbocycles. The van der Waals surface area contributed by atoms with Crippen LogP contribution >= 0.6 is 0 Å². The van der Waals surface area contributed by atoms with Crippen LogP contribution in [-0.4, -0.2) is 53.0 Å². The summed E-state index contributed by atoms with van der Waals surface area (Å²) >= 11 is 0. The molecule has 0 radical (unpaired) electrons. The van der Waals surface area contributed by atoms with Crippen molar-refractivity contribution in [3.63, 3.8) is 0 Å². The van der Waals surface area contributed by atoms with Crippen molar-refractivity contribution < 1.29 is 27.9 Å². The van der Waals surface area contributed by atoms with E-state index in [0.717, 1.165) is 37.8 Å². The molecule has 1 aliphatic heterocycles. The first kappa shape index (κ1) is 31.1. The number of rotatable bonds is 17. The Morgan fingerprint density at radius 3 is 1.97 bits per heavy atom. The van der Waals surface area contributed by atoms with Crippen LogP contribution in [0.3, 0.4) is 0 Å². The second kappa shape index (κ2) is 16.7. The lowest BCUT2D eigenvalue weighted by atomic mass is 9.95. The number of alkyl halides is 3. The third-order valence-corrected chi connectivity index (χ3v) is 7.27. The number of carbonyl (C=O) groups is 2. The fourth-order valence-electron chi connectivity index (χ4n) is 5.09. The number of unbranched alkanes of at least 4 members (excludes halogenated alkanes) is 9. The molecule has 210 valence electrons. The molecule has 1 aliphatic rings. The standard InChI is InChI=1S/C29H45F3N2O3/c1-2-3-4-5-6-7-8-9-10-11-12-27(35)34-19-17-25(18-20-34)22-33(23-28(36)37)21-24-13-15-26(16-14-24)29(30,31)32/h13-16,25H,2-12,17-23H2,1H3,(H,36,37). The highest BCUT2D eigenvalue weighted by atomic mass is 19.4. The van der Waals surface area contributed by atoms with Gasteiger partial charge in [0.15, 0.2) is 0 Å². The summed E-state index contributed by atoms with van der Waals surface area (Å²) in [7, 11) is 0. The van der Waals surface area contributed by atoms with Crippen molar-refractivity contribution in [2.24, 2.45) is 5.92 Å². The minimum Gasteiger partial charge on any atom is -0.480 e. The van der Waals surface area contributed by atoms with Gasteiger partial charge in [0.1, 0.15) is 0 Å². The van der Waals surface area contributed by atoms with E-state index in [4.69, 9.17) is 0 Å². The number of hydrogen-bond donors (Lipinski definition) is 1. The molecule has 2 rings (SSSR count). The summed E-state index contributed by atoms with van der Waals surface area (Å²) < 4.78 is 38.4. The molecule has 1 fully saturated rings. The summed E-state index contributed by atoms with van der Waals surface area (Å²) in [5.74, 6) is -0.489. The molecular weight excluding hydrogens is 481 g/mol. The third-order valence-electron chi connectivity index (χ3n) is 7.27. The molecule has 1 N–H and O–H groups in total. The Morgan fingerprint density at radius 1 is 0.919 bits per heavy atom. The quantitative estimate of drug-likeness (QED) is 0.219. The minimum atomic E-state index is -4.39. The van der Waals surface area contributed by atoms with Gasteiger partial charge in [-0.3, -0.25) is 14.5 Å². The zero-order valence-corrected chi connectivity index (χ0v) is 22.4. The van der Waals surface area contributed by atoms with Crippen molar-refractivity contribution in [2.75, 3.05) is 26.2 Å². The van der Waals surface area contributed by atoms with E-state index in [2.05, 4.69) is 6.92 Å². The first-order valence-corrected chi connectivity index (χ1v) is 14.1. The van der Waals surface area contributed by atoms with Crippen molar-refractivity contribution in [3.05, 3.63) is 35.4 Å². The fraction of sp³-hybridized carbons (Fsp3) is 0.724. The Kier molecular flexibility index (Phi) is 14.0. The summed E-state index contributed by atoms with van der Waals surface area (Å²) in [5, 5.41) is 9.31. The predicted octanol–water partition coefficient (Wildman–Crippen LogP) is 7.14. The number of hydrogen-bond acceptors (Lipinski definition) is 3. The highest BCUT2D eigenvalue weighted by Gasteiger charge is 2.30. The van der Waals surface area contributed by atoms with E-state index < -0.39 is 17.7 Å². The number of piperidine rings is 1. The molecule has 1 aromatic carbocycles. The molecule has 0 unspecified atom stereocenters. The zero-order chi connectivity index (χ0) is 27.1. The molecule has 37 heavy (non-hydrogen) atoms. The number of halogens is 3. The van der Waals surface area contributed by atoms with Crippen LogP contribution in [0.1, 0.15) is 102 Å². The van der Waals surface area contributed by atoms with Crippen molar-refractivity contribution >= 4 is 11.9 Å². The van der Waals surface area contributed by atoms with E-state index in [0.29, 0.717) is 31.6 Å². The van der Waals surface area contributed by atoms with Gasteiger partial charge in [0.2, 0.25) is 5.91 Å². The highest BCUT2D eigenvalue weighted by Crippen LogP contribution is 2.29. The summed E-state index contributed by atoms with van der Waals surface area (Å²) in [6.07, 6.45) is 10.2. The predicted molar refractivity (Wildman–Crippen MR) is 140 cm³/mol. The van der Waals surface area contributed by atoms with Crippen LogP contribution in [0.4, 0.5) is 13.2 Å². The summed E-state index contributed by atoms with van der Waals surface area (Å²) in [5.41, 5.74) is -0.0609. The fourth-order valence-corrected chi connectivity index (χ4v) is 5.09. The van der Waals surface area contributed by atoms with Crippen LogP contribution in [0.15, 0.2) is 24.3 Å². The van der Waals surface area contributed by atoms with Gasteiger partial charge in [-0.25, -0.2) is 0 Å². The van der Waals surface area contributed by atoms with Crippen LogP contribution in [-0.2, 0) is 22.3 Å². The maximum atomic E-state index is 12.8. The number of carboxylic acid groups (broad SMARTS) is 1. The van der Waals surface area contributed by atoms with Gasteiger partial charge in [0.05, 0.1) is 12.1 Å². The molecule has 0 bridgehead atoms. The molecule has 0 atom stereocenters. The van der Waals surface area contributed by atoms with Crippen molar-refractivity contribution in [1.82, 2.24) is 9.80 Å². The Balaban J connectivity index is 1.67. The van der Waals surface area contributed by atoms with Crippen LogP contribution < -0.4 is 0 Å². The lowest BCUT2D eigenvalue weighted by molar-refractivity contribution is -0.139. The van der Waals surface area contributed by atoms with E-state index in [1.54, 1.807) is 4.90 Å². The third kappa shape index (κ3) is 12.8. The molecule has 1 aromatic rings. The average molecular weight is 527 g/mol. The SMILES string of the molecule is CCCCCCCCCCCCC(=O)N1CCC(CN(CC(=O)O)Cc2ccc(C(F)(F)F)cc2)CC1. The lowest BCUT2D eigenvalue weighted by Gasteiger charge is -2.34. The molecule has 1 heterocycles. The Bertz CT molecular complexity index is 791. The van der Waals surface area contributed by atoms with Gasteiger partial charge in [0.25, 0.3) is 0 Å². The van der Waals surface area contributed by atoms with Crippen LogP contribution in [0, 0.1) is 5.92 Å². The molecule has 5 nitrogen and oxygen atoms in total. The van der Waals surface area contributed by atoms with Gasteiger partial charge in [-0.2, -0.15) is 13.2 Å². The topological polar surface area (TPSA) is 60.9 Å². The van der Waals surface area contributed by atoms with Gasteiger partial charge in [-0.1, -0.05) is 76.8 Å². The van der Waals surface area contributed by atoms with Crippen LogP contribution in [0.5, 0.6) is 0 Å². The minimum absolute atomic E-state index is 0.168. The first-order chi connectivity index (χ1) is 17.7. The first-order valence-electron chi connectivity index (χ1n) is 14.1. The number of nitrogens with zero attached hydrogens (tertiary/aromatic N) is 2. The molecular formula is C29H45F3N2O3. The van der Waals surface area contributed by atoms with Crippen LogP contribution in [0.25, 0.3) is 0 Å². The van der Waals surface area contributed by atoms with Crippen LogP contribution in [0.2, 0.25) is 0 Å². The van der Waals surface area contributed by atoms with E-state index in [-0.39, 0.29) is 24.9 Å². The number of carbonyl (C=O) groups excluding carboxylic acids is 1. The highest BCUT2D eigenvalue weighted by molar-refractivity contribution is 5.76. The second-order valence-corrected chi connectivity index (χ2v) is 10.5. The van der Waals surface area contributed by atoms with Gasteiger partial charge in [0, 0.05) is 32.6 Å². The number of benzene rings is 1. The van der Waals surface area contributed by atoms with E-state index in [1.807, 2.05) is 4.90 Å². The number of carboxylic acids is 1. The molecule has 0 spiro atoms. The monoisotopic (exact) mass is 526 g/mol.